The summed E-state index contributed by atoms with van der Waals surface area (Å²) in [6.07, 6.45) is 0.521. The van der Waals surface area contributed by atoms with E-state index >= 15 is 0 Å². The van der Waals surface area contributed by atoms with E-state index in [1.165, 1.54) is 7.11 Å². The lowest BCUT2D eigenvalue weighted by atomic mass is 10.2. The van der Waals surface area contributed by atoms with Crippen LogP contribution < -0.4 is 0 Å². The highest BCUT2D eigenvalue weighted by atomic mass is 16.7. The summed E-state index contributed by atoms with van der Waals surface area (Å²) in [6.45, 7) is 0.0582. The molecule has 0 saturated carbocycles. The Kier molecular flexibility index (Phi) is 7.33. The highest BCUT2D eigenvalue weighted by molar-refractivity contribution is 5.59. The van der Waals surface area contributed by atoms with Gasteiger partial charge in [0.05, 0.1) is 26.4 Å². The minimum atomic E-state index is -0.692. The average molecular weight is 192 g/mol. The summed E-state index contributed by atoms with van der Waals surface area (Å²) in [5.41, 5.74) is 0. The molecule has 5 nitrogen and oxygen atoms in total. The molecule has 0 spiro atoms. The first-order valence-electron chi connectivity index (χ1n) is 4.20. The maximum atomic E-state index is 10.4. The van der Waals surface area contributed by atoms with Crippen LogP contribution in [-0.4, -0.2) is 42.8 Å². The molecule has 0 heterocycles. The molecule has 0 aromatic heterocycles. The van der Waals surface area contributed by atoms with Crippen LogP contribution in [0, 0.1) is 0 Å². The molecule has 0 aliphatic carbocycles. The topological polar surface area (TPSA) is 76.0 Å². The van der Waals surface area contributed by atoms with Crippen molar-refractivity contribution in [1.82, 2.24) is 0 Å². The van der Waals surface area contributed by atoms with E-state index in [0.717, 1.165) is 0 Å². The van der Waals surface area contributed by atoms with Gasteiger partial charge in [0.1, 0.15) is 0 Å². The average Bonchev–Trinajstić information content (AvgIpc) is 2.16. The number of carbonyl (C=O) groups is 1. The van der Waals surface area contributed by atoms with Gasteiger partial charge in [-0.25, -0.2) is 4.79 Å². The molecule has 0 aliphatic heterocycles. The number of aliphatic hydroxyl groups excluding tert-OH is 2. The predicted octanol–water partition coefficient (Wildman–Crippen LogP) is 0.293. The monoisotopic (exact) mass is 192 g/mol. The maximum Gasteiger partial charge on any atom is 0.507 e. The van der Waals surface area contributed by atoms with E-state index in [0.29, 0.717) is 19.3 Å². The van der Waals surface area contributed by atoms with Crippen molar-refractivity contribution in [2.24, 2.45) is 0 Å². The van der Waals surface area contributed by atoms with E-state index in [4.69, 9.17) is 10.2 Å². The molecule has 0 fully saturated rings. The van der Waals surface area contributed by atoms with Gasteiger partial charge in [0.25, 0.3) is 0 Å². The van der Waals surface area contributed by atoms with Crippen molar-refractivity contribution in [2.45, 2.75) is 25.4 Å². The molecule has 0 amide bonds. The molecule has 0 radical (unpaired) electrons. The first kappa shape index (κ1) is 12.2. The molecule has 0 rings (SSSR count). The molecule has 78 valence electrons. The molecule has 0 saturated heterocycles. The molecule has 0 aromatic rings. The summed E-state index contributed by atoms with van der Waals surface area (Å²) in [6, 6.07) is 0. The maximum absolute atomic E-state index is 10.4. The number of aliphatic hydroxyl groups is 2. The van der Waals surface area contributed by atoms with Crippen LogP contribution in [-0.2, 0) is 9.47 Å². The van der Waals surface area contributed by atoms with Crippen molar-refractivity contribution < 1.29 is 24.5 Å². The molecule has 0 aromatic carbocycles. The third-order valence-corrected chi connectivity index (χ3v) is 1.53. The van der Waals surface area contributed by atoms with E-state index < -0.39 is 12.3 Å². The second-order valence-corrected chi connectivity index (χ2v) is 2.63. The Morgan fingerprint density at radius 2 is 2.15 bits per heavy atom. The second-order valence-electron chi connectivity index (χ2n) is 2.63. The van der Waals surface area contributed by atoms with E-state index in [9.17, 15) is 4.79 Å². The summed E-state index contributed by atoms with van der Waals surface area (Å²) < 4.78 is 8.85. The van der Waals surface area contributed by atoms with E-state index in [1.54, 1.807) is 0 Å². The third-order valence-electron chi connectivity index (χ3n) is 1.53. The highest BCUT2D eigenvalue weighted by Crippen LogP contribution is 2.00. The number of rotatable bonds is 6. The van der Waals surface area contributed by atoms with Gasteiger partial charge in [-0.05, 0) is 19.3 Å². The summed E-state index contributed by atoms with van der Waals surface area (Å²) >= 11 is 0. The van der Waals surface area contributed by atoms with Gasteiger partial charge in [-0.3, -0.25) is 0 Å². The molecular formula is C8H16O5. The zero-order chi connectivity index (χ0) is 10.1. The molecule has 1 atom stereocenters. The van der Waals surface area contributed by atoms with Gasteiger partial charge < -0.3 is 19.7 Å². The van der Waals surface area contributed by atoms with E-state index in [1.807, 2.05) is 0 Å². The second kappa shape index (κ2) is 7.82. The van der Waals surface area contributed by atoms with Gasteiger partial charge in [-0.1, -0.05) is 0 Å². The van der Waals surface area contributed by atoms with Crippen molar-refractivity contribution in [3.05, 3.63) is 0 Å². The van der Waals surface area contributed by atoms with Crippen LogP contribution in [0.2, 0.25) is 0 Å². The van der Waals surface area contributed by atoms with Crippen molar-refractivity contribution >= 4 is 6.16 Å². The van der Waals surface area contributed by atoms with Gasteiger partial charge in [-0.2, -0.15) is 0 Å². The minimum absolute atomic E-state index is 0.224. The zero-order valence-corrected chi connectivity index (χ0v) is 7.73. The number of methoxy groups -OCH3 is 1. The van der Waals surface area contributed by atoms with Gasteiger partial charge in [0.15, 0.2) is 0 Å². The minimum Gasteiger partial charge on any atom is -0.438 e. The smallest absolute Gasteiger partial charge is 0.438 e. The Balaban J connectivity index is 3.12. The lowest BCUT2D eigenvalue weighted by Crippen LogP contribution is -2.12. The summed E-state index contributed by atoms with van der Waals surface area (Å²) in [4.78, 5) is 10.4. The van der Waals surface area contributed by atoms with Crippen LogP contribution in [0.25, 0.3) is 0 Å². The van der Waals surface area contributed by atoms with Gasteiger partial charge in [-0.15, -0.1) is 0 Å². The van der Waals surface area contributed by atoms with Crippen LogP contribution in [0.1, 0.15) is 19.3 Å². The van der Waals surface area contributed by atoms with Crippen molar-refractivity contribution in [2.75, 3.05) is 20.3 Å². The van der Waals surface area contributed by atoms with Crippen molar-refractivity contribution in [3.8, 4) is 0 Å². The Morgan fingerprint density at radius 3 is 2.69 bits per heavy atom. The number of hydrogen-bond donors (Lipinski definition) is 2. The fourth-order valence-corrected chi connectivity index (χ4v) is 0.788. The molecule has 13 heavy (non-hydrogen) atoms. The van der Waals surface area contributed by atoms with Crippen molar-refractivity contribution in [1.29, 1.82) is 0 Å². The van der Waals surface area contributed by atoms with Crippen molar-refractivity contribution in [3.63, 3.8) is 0 Å². The number of carbonyl (C=O) groups excluding carboxylic acids is 1. The molecule has 2 N–H and O–H groups in total. The van der Waals surface area contributed by atoms with Crippen LogP contribution in [0.3, 0.4) is 0 Å². The zero-order valence-electron chi connectivity index (χ0n) is 7.73. The lowest BCUT2D eigenvalue weighted by molar-refractivity contribution is 0.0659. The number of hydrogen-bond acceptors (Lipinski definition) is 5. The molecular weight excluding hydrogens is 176 g/mol. The first-order valence-corrected chi connectivity index (χ1v) is 4.20. The Labute approximate surface area is 77.3 Å². The van der Waals surface area contributed by atoms with Crippen LogP contribution in [0.5, 0.6) is 0 Å². The number of ether oxygens (including phenoxy) is 2. The van der Waals surface area contributed by atoms with Crippen LogP contribution in [0.15, 0.2) is 0 Å². The quantitative estimate of drug-likeness (QED) is 0.467. The molecule has 0 aliphatic rings. The fraction of sp³-hybridized carbons (Fsp3) is 0.875. The molecule has 1 unspecified atom stereocenters. The number of unbranched alkanes of at least 4 members (excludes halogenated alkanes) is 1. The fourth-order valence-electron chi connectivity index (χ4n) is 0.788. The normalized spacial score (nSPS) is 12.2. The molecule has 0 bridgehead atoms. The van der Waals surface area contributed by atoms with Crippen LogP contribution >= 0.6 is 0 Å². The van der Waals surface area contributed by atoms with Crippen LogP contribution in [0.4, 0.5) is 4.79 Å². The first-order chi connectivity index (χ1) is 6.20. The Bertz CT molecular complexity index is 136. The Hall–Kier alpha value is -0.810. The summed E-state index contributed by atoms with van der Waals surface area (Å²) in [5.74, 6) is 0. The lowest BCUT2D eigenvalue weighted by Gasteiger charge is -2.06. The SMILES string of the molecule is COC(=O)OCCCCC(O)CO. The summed E-state index contributed by atoms with van der Waals surface area (Å²) in [5, 5.41) is 17.4. The van der Waals surface area contributed by atoms with E-state index in [2.05, 4.69) is 9.47 Å². The highest BCUT2D eigenvalue weighted by Gasteiger charge is 2.02. The molecule has 5 heteroatoms. The van der Waals surface area contributed by atoms with Gasteiger partial charge in [0, 0.05) is 0 Å². The standard InChI is InChI=1S/C8H16O5/c1-12-8(11)13-5-3-2-4-7(10)6-9/h7,9-10H,2-6H2,1H3. The third kappa shape index (κ3) is 7.55. The Morgan fingerprint density at radius 1 is 1.46 bits per heavy atom. The summed E-state index contributed by atoms with van der Waals surface area (Å²) in [7, 11) is 1.25. The van der Waals surface area contributed by atoms with E-state index in [-0.39, 0.29) is 13.2 Å². The van der Waals surface area contributed by atoms with Gasteiger partial charge in [0.2, 0.25) is 0 Å². The largest absolute Gasteiger partial charge is 0.507 e. The predicted molar refractivity (Wildman–Crippen MR) is 45.3 cm³/mol. The van der Waals surface area contributed by atoms with Gasteiger partial charge >= 0.3 is 6.16 Å².